The maximum atomic E-state index is 4.40. The Kier molecular flexibility index (Phi) is 3.34. The molecule has 2 aliphatic rings. The van der Waals surface area contributed by atoms with Gasteiger partial charge in [-0.25, -0.2) is 0 Å². The minimum Gasteiger partial charge on any atom is -0.120 e. The molecule has 0 spiro atoms. The lowest BCUT2D eigenvalue weighted by Gasteiger charge is -2.19. The highest BCUT2D eigenvalue weighted by Crippen LogP contribution is 2.29. The van der Waals surface area contributed by atoms with Crippen LogP contribution in [0, 0.1) is 0 Å². The van der Waals surface area contributed by atoms with Gasteiger partial charge in [-0.05, 0) is 70.0 Å². The first-order chi connectivity index (χ1) is 9.74. The van der Waals surface area contributed by atoms with E-state index in [9.17, 15) is 0 Å². The molecule has 0 amide bonds. The summed E-state index contributed by atoms with van der Waals surface area (Å²) in [5.41, 5.74) is 8.26. The summed E-state index contributed by atoms with van der Waals surface area (Å²) in [4.78, 5) is 0. The highest BCUT2D eigenvalue weighted by atomic mass is 14.2. The molecule has 0 saturated carbocycles. The van der Waals surface area contributed by atoms with Crippen molar-refractivity contribution in [1.29, 1.82) is 0 Å². The maximum absolute atomic E-state index is 4.40. The standard InChI is InChI=1S/C20H20/c1-4-16-10-8-9-13-19-14(2)17-11-6-5-7-12-18(17)15(3)20(16)19/h5,7,9,11-13,16H,2-4,8,10H2,1H3. The van der Waals surface area contributed by atoms with Gasteiger partial charge < -0.3 is 0 Å². The SMILES string of the molecule is C=c1c2c(c(=C)c3c1C=CCCC3CC)C=CC=C=C2. The molecule has 0 saturated heterocycles. The van der Waals surface area contributed by atoms with Crippen LogP contribution >= 0.6 is 0 Å². The third-order valence-electron chi connectivity index (χ3n) is 4.43. The molecule has 0 nitrogen and oxygen atoms in total. The first kappa shape index (κ1) is 13.0. The second-order valence-corrected chi connectivity index (χ2v) is 5.53. The molecule has 0 radical (unpaired) electrons. The summed E-state index contributed by atoms with van der Waals surface area (Å²) < 4.78 is 0. The van der Waals surface area contributed by atoms with Gasteiger partial charge in [-0.15, -0.1) is 5.73 Å². The summed E-state index contributed by atoms with van der Waals surface area (Å²) in [6.07, 6.45) is 16.2. The molecule has 0 heterocycles. The van der Waals surface area contributed by atoms with Crippen molar-refractivity contribution < 1.29 is 0 Å². The van der Waals surface area contributed by atoms with E-state index in [1.54, 1.807) is 0 Å². The van der Waals surface area contributed by atoms with E-state index in [1.807, 2.05) is 18.2 Å². The van der Waals surface area contributed by atoms with Gasteiger partial charge in [-0.1, -0.05) is 44.4 Å². The monoisotopic (exact) mass is 260 g/mol. The van der Waals surface area contributed by atoms with E-state index < -0.39 is 0 Å². The van der Waals surface area contributed by atoms with Gasteiger partial charge in [-0.3, -0.25) is 0 Å². The van der Waals surface area contributed by atoms with E-state index in [-0.39, 0.29) is 0 Å². The van der Waals surface area contributed by atoms with Gasteiger partial charge in [0, 0.05) is 0 Å². The normalized spacial score (nSPS) is 19.4. The molecule has 20 heavy (non-hydrogen) atoms. The fraction of sp³-hybridized carbons (Fsp3) is 0.250. The molecule has 3 rings (SSSR count). The van der Waals surface area contributed by atoms with Crippen LogP contribution in [0.5, 0.6) is 0 Å². The van der Waals surface area contributed by atoms with E-state index >= 15 is 0 Å². The van der Waals surface area contributed by atoms with Crippen molar-refractivity contribution in [3.63, 3.8) is 0 Å². The summed E-state index contributed by atoms with van der Waals surface area (Å²) in [5, 5.41) is 2.29. The van der Waals surface area contributed by atoms with Crippen LogP contribution in [0.2, 0.25) is 0 Å². The molecule has 0 fully saturated rings. The molecular formula is C20H20. The fourth-order valence-electron chi connectivity index (χ4n) is 3.33. The first-order valence-corrected chi connectivity index (χ1v) is 7.37. The Hall–Kier alpha value is -2.04. The summed E-state index contributed by atoms with van der Waals surface area (Å²) in [7, 11) is 0. The topological polar surface area (TPSA) is 0 Å². The van der Waals surface area contributed by atoms with Crippen molar-refractivity contribution in [2.45, 2.75) is 32.1 Å². The third-order valence-corrected chi connectivity index (χ3v) is 4.43. The lowest BCUT2D eigenvalue weighted by atomic mass is 9.84. The first-order valence-electron chi connectivity index (χ1n) is 7.37. The summed E-state index contributed by atoms with van der Waals surface area (Å²) in [6.45, 7) is 11.0. The van der Waals surface area contributed by atoms with Crippen molar-refractivity contribution >= 4 is 31.4 Å². The zero-order chi connectivity index (χ0) is 14.1. The van der Waals surface area contributed by atoms with Crippen LogP contribution in [0.1, 0.15) is 54.4 Å². The molecule has 1 atom stereocenters. The summed E-state index contributed by atoms with van der Waals surface area (Å²) in [5.74, 6) is 0.590. The van der Waals surface area contributed by atoms with E-state index in [2.05, 4.69) is 44.0 Å². The number of hydrogen-bond acceptors (Lipinski definition) is 0. The van der Waals surface area contributed by atoms with Crippen molar-refractivity contribution in [2.75, 3.05) is 0 Å². The Morgan fingerprint density at radius 3 is 2.80 bits per heavy atom. The Labute approximate surface area is 120 Å². The number of benzene rings is 1. The van der Waals surface area contributed by atoms with Gasteiger partial charge in [0.15, 0.2) is 0 Å². The van der Waals surface area contributed by atoms with Crippen LogP contribution in [0.3, 0.4) is 0 Å². The van der Waals surface area contributed by atoms with Gasteiger partial charge in [-0.2, -0.15) is 0 Å². The molecule has 1 aromatic rings. The van der Waals surface area contributed by atoms with Gasteiger partial charge >= 0.3 is 0 Å². The highest BCUT2D eigenvalue weighted by Gasteiger charge is 2.19. The van der Waals surface area contributed by atoms with Gasteiger partial charge in [0.05, 0.1) is 0 Å². The predicted molar refractivity (Wildman–Crippen MR) is 89.6 cm³/mol. The second-order valence-electron chi connectivity index (χ2n) is 5.53. The molecule has 0 aliphatic heterocycles. The molecular weight excluding hydrogens is 240 g/mol. The highest BCUT2D eigenvalue weighted by molar-refractivity contribution is 5.74. The fourth-order valence-corrected chi connectivity index (χ4v) is 3.33. The average molecular weight is 260 g/mol. The number of fused-ring (bicyclic) bond motifs is 2. The molecule has 2 aliphatic carbocycles. The minimum atomic E-state index is 0.590. The molecule has 0 N–H and O–H groups in total. The number of rotatable bonds is 1. The third kappa shape index (κ3) is 1.94. The van der Waals surface area contributed by atoms with Crippen LogP contribution in [0.25, 0.3) is 31.4 Å². The Balaban J connectivity index is 2.43. The molecule has 100 valence electrons. The van der Waals surface area contributed by atoms with Gasteiger partial charge in [0.25, 0.3) is 0 Å². The van der Waals surface area contributed by atoms with Crippen LogP contribution in [-0.4, -0.2) is 0 Å². The largest absolute Gasteiger partial charge is 0.120 e. The Morgan fingerprint density at radius 2 is 2.00 bits per heavy atom. The molecule has 1 unspecified atom stereocenters. The zero-order valence-electron chi connectivity index (χ0n) is 12.1. The van der Waals surface area contributed by atoms with Gasteiger partial charge in [0.2, 0.25) is 0 Å². The van der Waals surface area contributed by atoms with Crippen molar-refractivity contribution in [1.82, 2.24) is 0 Å². The van der Waals surface area contributed by atoms with E-state index in [1.165, 1.54) is 33.9 Å². The lowest BCUT2D eigenvalue weighted by Crippen LogP contribution is -2.26. The molecule has 0 bridgehead atoms. The summed E-state index contributed by atoms with van der Waals surface area (Å²) in [6, 6.07) is 0. The van der Waals surface area contributed by atoms with Crippen LogP contribution < -0.4 is 10.4 Å². The van der Waals surface area contributed by atoms with E-state index in [4.69, 9.17) is 0 Å². The Bertz CT molecular complexity index is 765. The van der Waals surface area contributed by atoms with Crippen molar-refractivity contribution in [3.8, 4) is 0 Å². The number of hydrogen-bond donors (Lipinski definition) is 0. The molecule has 0 heteroatoms. The average Bonchev–Trinajstić information content (AvgIpc) is 2.82. The maximum Gasteiger partial charge on any atom is -0.00281 e. The molecule has 1 aromatic carbocycles. The smallest absolute Gasteiger partial charge is 0.00281 e. The van der Waals surface area contributed by atoms with Crippen LogP contribution in [0.15, 0.2) is 24.0 Å². The van der Waals surface area contributed by atoms with E-state index in [0.717, 1.165) is 18.1 Å². The summed E-state index contributed by atoms with van der Waals surface area (Å²) >= 11 is 0. The molecule has 0 aromatic heterocycles. The predicted octanol–water partition coefficient (Wildman–Crippen LogP) is 4.00. The van der Waals surface area contributed by atoms with Gasteiger partial charge in [0.1, 0.15) is 0 Å². The van der Waals surface area contributed by atoms with Crippen LogP contribution in [-0.2, 0) is 0 Å². The zero-order valence-corrected chi connectivity index (χ0v) is 12.1. The van der Waals surface area contributed by atoms with Crippen molar-refractivity contribution in [3.05, 3.63) is 56.7 Å². The Morgan fingerprint density at radius 1 is 1.15 bits per heavy atom. The van der Waals surface area contributed by atoms with Crippen LogP contribution in [0.4, 0.5) is 0 Å². The lowest BCUT2D eigenvalue weighted by molar-refractivity contribution is 0.613. The minimum absolute atomic E-state index is 0.590. The van der Waals surface area contributed by atoms with E-state index in [0.29, 0.717) is 5.92 Å². The quantitative estimate of drug-likeness (QED) is 0.669. The second kappa shape index (κ2) is 5.15. The van der Waals surface area contributed by atoms with Crippen molar-refractivity contribution in [2.24, 2.45) is 0 Å². The number of allylic oxidation sites excluding steroid dienone is 3.